The van der Waals surface area contributed by atoms with Crippen LogP contribution in [-0.4, -0.2) is 54.5 Å². The second-order valence-corrected chi connectivity index (χ2v) is 6.53. The zero-order chi connectivity index (χ0) is 18.0. The van der Waals surface area contributed by atoms with Gasteiger partial charge >= 0.3 is 5.97 Å². The average Bonchev–Trinajstić information content (AvgIpc) is 3.07. The lowest BCUT2D eigenvalue weighted by Gasteiger charge is -2.38. The second-order valence-electron chi connectivity index (χ2n) is 6.53. The minimum Gasteiger partial charge on any atom is -0.465 e. The summed E-state index contributed by atoms with van der Waals surface area (Å²) >= 11 is 0. The van der Waals surface area contributed by atoms with Gasteiger partial charge in [-0.3, -0.25) is 4.79 Å². The third-order valence-electron chi connectivity index (χ3n) is 4.97. The number of methoxy groups -OCH3 is 1. The number of hydrogen-bond acceptors (Lipinski definition) is 6. The number of aryl methyl sites for hydroxylation is 1. The maximum absolute atomic E-state index is 12.0. The summed E-state index contributed by atoms with van der Waals surface area (Å²) in [7, 11) is 1.31. The van der Waals surface area contributed by atoms with E-state index in [2.05, 4.69) is 16.0 Å². The van der Waals surface area contributed by atoms with E-state index in [0.29, 0.717) is 35.6 Å². The van der Waals surface area contributed by atoms with Gasteiger partial charge in [0, 0.05) is 32.1 Å². The summed E-state index contributed by atoms with van der Waals surface area (Å²) in [4.78, 5) is 32.4. The molecule has 2 aliphatic heterocycles. The summed E-state index contributed by atoms with van der Waals surface area (Å²) in [6, 6.07) is 3.85. The number of piperidine rings is 1. The molecule has 2 aliphatic rings. The van der Waals surface area contributed by atoms with Crippen LogP contribution in [0.3, 0.4) is 0 Å². The number of pyridine rings is 1. The van der Waals surface area contributed by atoms with Gasteiger partial charge in [0.05, 0.1) is 23.9 Å². The normalized spacial score (nSPS) is 20.5. The van der Waals surface area contributed by atoms with Crippen LogP contribution in [0.15, 0.2) is 6.07 Å². The molecule has 0 aromatic carbocycles. The molecule has 1 amide bonds. The van der Waals surface area contributed by atoms with E-state index in [-0.39, 0.29) is 11.9 Å². The van der Waals surface area contributed by atoms with E-state index >= 15 is 0 Å². The molecule has 3 heterocycles. The maximum Gasteiger partial charge on any atom is 0.339 e. The first-order valence-electron chi connectivity index (χ1n) is 8.59. The predicted octanol–water partition coefficient (Wildman–Crippen LogP) is 1.64. The minimum absolute atomic E-state index is 0.165. The summed E-state index contributed by atoms with van der Waals surface area (Å²) in [5.41, 5.74) is 1.21. The molecule has 7 nitrogen and oxygen atoms in total. The van der Waals surface area contributed by atoms with Crippen LogP contribution in [0.2, 0.25) is 0 Å². The van der Waals surface area contributed by atoms with Crippen LogP contribution >= 0.6 is 0 Å². The molecule has 7 heteroatoms. The fourth-order valence-corrected chi connectivity index (χ4v) is 3.69. The Morgan fingerprint density at radius 3 is 2.84 bits per heavy atom. The van der Waals surface area contributed by atoms with Gasteiger partial charge < -0.3 is 14.5 Å². The Kier molecular flexibility index (Phi) is 4.88. The number of esters is 1. The summed E-state index contributed by atoms with van der Waals surface area (Å²) in [6.45, 7) is 4.01. The zero-order valence-electron chi connectivity index (χ0n) is 14.6. The molecule has 3 rings (SSSR count). The van der Waals surface area contributed by atoms with Crippen molar-refractivity contribution in [2.75, 3.05) is 31.6 Å². The number of anilines is 1. The Labute approximate surface area is 147 Å². The van der Waals surface area contributed by atoms with E-state index in [9.17, 15) is 14.9 Å². The van der Waals surface area contributed by atoms with Gasteiger partial charge in [-0.15, -0.1) is 0 Å². The SMILES string of the molecule is COC(=O)c1cc(C#N)c(N2CCC[C@@H](N3CCCC3=O)C2)nc1C. The third kappa shape index (κ3) is 3.29. The number of nitriles is 1. The second kappa shape index (κ2) is 7.09. The van der Waals surface area contributed by atoms with Gasteiger partial charge in [-0.25, -0.2) is 9.78 Å². The monoisotopic (exact) mass is 342 g/mol. The van der Waals surface area contributed by atoms with E-state index in [4.69, 9.17) is 4.74 Å². The van der Waals surface area contributed by atoms with Crippen molar-refractivity contribution in [2.24, 2.45) is 0 Å². The smallest absolute Gasteiger partial charge is 0.339 e. The van der Waals surface area contributed by atoms with Crippen LogP contribution in [-0.2, 0) is 9.53 Å². The van der Waals surface area contributed by atoms with Crippen molar-refractivity contribution in [3.8, 4) is 6.07 Å². The van der Waals surface area contributed by atoms with Crippen molar-refractivity contribution >= 4 is 17.7 Å². The van der Waals surface area contributed by atoms with Gasteiger partial charge in [0.25, 0.3) is 0 Å². The number of likely N-dealkylation sites (tertiary alicyclic amines) is 1. The Hall–Kier alpha value is -2.62. The van der Waals surface area contributed by atoms with Crippen molar-refractivity contribution in [3.05, 3.63) is 22.9 Å². The standard InChI is InChI=1S/C18H22N4O3/c1-12-15(18(24)25-2)9-13(10-19)17(20-12)21-7-3-5-14(11-21)22-8-4-6-16(22)23/h9,14H,3-8,11H2,1-2H3/t14-/m1/s1. The first-order valence-corrected chi connectivity index (χ1v) is 8.59. The fourth-order valence-electron chi connectivity index (χ4n) is 3.69. The molecule has 2 saturated heterocycles. The maximum atomic E-state index is 12.0. The summed E-state index contributed by atoms with van der Waals surface area (Å²) in [5, 5.41) is 9.51. The van der Waals surface area contributed by atoms with E-state index < -0.39 is 5.97 Å². The number of ether oxygens (including phenoxy) is 1. The lowest BCUT2D eigenvalue weighted by atomic mass is 10.0. The van der Waals surface area contributed by atoms with Crippen LogP contribution in [0, 0.1) is 18.3 Å². The third-order valence-corrected chi connectivity index (χ3v) is 4.97. The Morgan fingerprint density at radius 1 is 1.40 bits per heavy atom. The van der Waals surface area contributed by atoms with Crippen LogP contribution in [0.1, 0.15) is 47.3 Å². The number of carbonyl (C=O) groups excluding carboxylic acids is 2. The van der Waals surface area contributed by atoms with Gasteiger partial charge in [-0.2, -0.15) is 5.26 Å². The largest absolute Gasteiger partial charge is 0.465 e. The molecule has 1 atom stereocenters. The highest BCUT2D eigenvalue weighted by Gasteiger charge is 2.32. The van der Waals surface area contributed by atoms with E-state index in [1.165, 1.54) is 7.11 Å². The van der Waals surface area contributed by atoms with E-state index in [0.717, 1.165) is 32.4 Å². The lowest BCUT2D eigenvalue weighted by molar-refractivity contribution is -0.129. The molecular weight excluding hydrogens is 320 g/mol. The Morgan fingerprint density at radius 2 is 2.20 bits per heavy atom. The Balaban J connectivity index is 1.88. The summed E-state index contributed by atoms with van der Waals surface area (Å²) in [5.74, 6) is 0.314. The van der Waals surface area contributed by atoms with Crippen molar-refractivity contribution in [2.45, 2.75) is 38.6 Å². The molecule has 1 aromatic heterocycles. The fraction of sp³-hybridized carbons (Fsp3) is 0.556. The molecule has 0 unspecified atom stereocenters. The molecule has 1 aromatic rings. The molecule has 0 radical (unpaired) electrons. The van der Waals surface area contributed by atoms with Crippen molar-refractivity contribution in [1.29, 1.82) is 5.26 Å². The molecule has 2 fully saturated rings. The van der Waals surface area contributed by atoms with Crippen molar-refractivity contribution < 1.29 is 14.3 Å². The summed E-state index contributed by atoms with van der Waals surface area (Å²) < 4.78 is 4.75. The first kappa shape index (κ1) is 17.2. The molecule has 25 heavy (non-hydrogen) atoms. The lowest BCUT2D eigenvalue weighted by Crippen LogP contribution is -2.49. The number of rotatable bonds is 3. The highest BCUT2D eigenvalue weighted by atomic mass is 16.5. The molecule has 0 spiro atoms. The quantitative estimate of drug-likeness (QED) is 0.776. The topological polar surface area (TPSA) is 86.5 Å². The van der Waals surface area contributed by atoms with E-state index in [1.807, 2.05) is 4.90 Å². The van der Waals surface area contributed by atoms with Crippen LogP contribution in [0.4, 0.5) is 5.82 Å². The number of hydrogen-bond donors (Lipinski definition) is 0. The number of nitrogens with zero attached hydrogens (tertiary/aromatic N) is 4. The highest BCUT2D eigenvalue weighted by Crippen LogP contribution is 2.27. The average molecular weight is 342 g/mol. The van der Waals surface area contributed by atoms with Crippen molar-refractivity contribution in [1.82, 2.24) is 9.88 Å². The van der Waals surface area contributed by atoms with E-state index in [1.54, 1.807) is 13.0 Å². The van der Waals surface area contributed by atoms with Crippen LogP contribution in [0.5, 0.6) is 0 Å². The first-order chi connectivity index (χ1) is 12.0. The molecule has 0 N–H and O–H groups in total. The van der Waals surface area contributed by atoms with Crippen molar-refractivity contribution in [3.63, 3.8) is 0 Å². The number of amides is 1. The molecule has 0 aliphatic carbocycles. The highest BCUT2D eigenvalue weighted by molar-refractivity contribution is 5.91. The molecule has 0 saturated carbocycles. The van der Waals surface area contributed by atoms with Crippen LogP contribution in [0.25, 0.3) is 0 Å². The van der Waals surface area contributed by atoms with Crippen LogP contribution < -0.4 is 4.90 Å². The molecule has 132 valence electrons. The van der Waals surface area contributed by atoms with Gasteiger partial charge in [0.2, 0.25) is 5.91 Å². The van der Waals surface area contributed by atoms with Gasteiger partial charge in [0.1, 0.15) is 11.9 Å². The molecular formula is C18H22N4O3. The minimum atomic E-state index is -0.493. The summed E-state index contributed by atoms with van der Waals surface area (Å²) in [6.07, 6.45) is 3.47. The van der Waals surface area contributed by atoms with Gasteiger partial charge in [-0.05, 0) is 32.3 Å². The molecule has 0 bridgehead atoms. The number of carbonyl (C=O) groups is 2. The van der Waals surface area contributed by atoms with Gasteiger partial charge in [0.15, 0.2) is 0 Å². The zero-order valence-corrected chi connectivity index (χ0v) is 14.6. The predicted molar refractivity (Wildman–Crippen MR) is 91.2 cm³/mol. The Bertz CT molecular complexity index is 741. The number of aromatic nitrogens is 1. The van der Waals surface area contributed by atoms with Gasteiger partial charge in [-0.1, -0.05) is 0 Å².